The first-order valence-corrected chi connectivity index (χ1v) is 13.9. The van der Waals surface area contributed by atoms with E-state index in [1.807, 2.05) is 0 Å². The molecule has 0 aromatic carbocycles. The van der Waals surface area contributed by atoms with Gasteiger partial charge in [0.05, 0.1) is 11.8 Å². The molecule has 3 fully saturated rings. The van der Waals surface area contributed by atoms with Gasteiger partial charge in [-0.15, -0.1) is 0 Å². The van der Waals surface area contributed by atoms with Crippen molar-refractivity contribution in [1.29, 1.82) is 0 Å². The number of allylic oxidation sites excluding steroid dienone is 2. The van der Waals surface area contributed by atoms with E-state index in [1.165, 1.54) is 32.1 Å². The number of aliphatic hydroxyl groups excluding tert-OH is 1. The minimum absolute atomic E-state index is 0.0479. The second-order valence-electron chi connectivity index (χ2n) is 14.1. The molecular formula is C30H51NO2. The molecular weight excluding hydrogens is 406 g/mol. The quantitative estimate of drug-likeness (QED) is 0.251. The van der Waals surface area contributed by atoms with E-state index in [9.17, 15) is 10.3 Å². The molecule has 4 aliphatic rings. The summed E-state index contributed by atoms with van der Waals surface area (Å²) < 4.78 is 0. The summed E-state index contributed by atoms with van der Waals surface area (Å²) in [4.78, 5) is 0. The Hall–Kier alpha value is -0.830. The monoisotopic (exact) mass is 457 g/mol. The van der Waals surface area contributed by atoms with Crippen molar-refractivity contribution in [3.63, 3.8) is 0 Å². The SMILES string of the molecule is CC(C)CCC[C@@H](C)[C@H]1C/C(=N/O)[C@@]2(C)C3=CC[C@H]4C(C)(C)[C@@H](O)CC[C@]4(C)[C@H]3CC[C@]12C. The van der Waals surface area contributed by atoms with Crippen molar-refractivity contribution in [2.75, 3.05) is 0 Å². The van der Waals surface area contributed by atoms with Gasteiger partial charge in [-0.2, -0.15) is 0 Å². The van der Waals surface area contributed by atoms with Crippen LogP contribution in [0.3, 0.4) is 0 Å². The number of rotatable bonds is 5. The fourth-order valence-electron chi connectivity index (χ4n) is 9.58. The molecule has 0 saturated heterocycles. The van der Waals surface area contributed by atoms with Crippen LogP contribution < -0.4 is 0 Å². The van der Waals surface area contributed by atoms with Crippen LogP contribution in [0.25, 0.3) is 0 Å². The summed E-state index contributed by atoms with van der Waals surface area (Å²) in [6.45, 7) is 19.2. The molecule has 0 aliphatic heterocycles. The van der Waals surface area contributed by atoms with E-state index in [2.05, 4.69) is 66.6 Å². The van der Waals surface area contributed by atoms with Crippen molar-refractivity contribution in [1.82, 2.24) is 0 Å². The van der Waals surface area contributed by atoms with Gasteiger partial charge < -0.3 is 10.3 Å². The van der Waals surface area contributed by atoms with E-state index in [0.29, 0.717) is 23.7 Å². The lowest BCUT2D eigenvalue weighted by atomic mass is 9.41. The summed E-state index contributed by atoms with van der Waals surface area (Å²) in [6, 6.07) is 0. The smallest absolute Gasteiger partial charge is 0.0678 e. The Kier molecular flexibility index (Phi) is 6.42. The van der Waals surface area contributed by atoms with Gasteiger partial charge in [0, 0.05) is 5.41 Å². The average molecular weight is 458 g/mol. The highest BCUT2D eigenvalue weighted by atomic mass is 16.4. The van der Waals surface area contributed by atoms with Crippen LogP contribution in [-0.4, -0.2) is 22.1 Å². The maximum Gasteiger partial charge on any atom is 0.0678 e. The Bertz CT molecular complexity index is 812. The second kappa shape index (κ2) is 8.38. The fourth-order valence-corrected chi connectivity index (χ4v) is 9.58. The van der Waals surface area contributed by atoms with E-state index < -0.39 is 0 Å². The Morgan fingerprint density at radius 1 is 1.03 bits per heavy atom. The number of fused-ring (bicyclic) bond motifs is 5. The molecule has 0 unspecified atom stereocenters. The molecule has 0 heterocycles. The zero-order valence-electron chi connectivity index (χ0n) is 22.7. The lowest BCUT2D eigenvalue weighted by molar-refractivity contribution is -0.128. The first kappa shape index (κ1) is 25.3. The predicted molar refractivity (Wildman–Crippen MR) is 137 cm³/mol. The third-order valence-corrected chi connectivity index (χ3v) is 12.0. The molecule has 0 aromatic heterocycles. The Labute approximate surface area is 203 Å². The van der Waals surface area contributed by atoms with E-state index in [0.717, 1.165) is 37.3 Å². The van der Waals surface area contributed by atoms with Crippen molar-refractivity contribution in [2.45, 2.75) is 119 Å². The van der Waals surface area contributed by atoms with Gasteiger partial charge in [-0.25, -0.2) is 0 Å². The van der Waals surface area contributed by atoms with Crippen LogP contribution in [0.5, 0.6) is 0 Å². The Balaban J connectivity index is 1.69. The molecule has 0 radical (unpaired) electrons. The molecule has 0 spiro atoms. The van der Waals surface area contributed by atoms with Gasteiger partial charge in [-0.3, -0.25) is 0 Å². The molecule has 4 rings (SSSR count). The highest BCUT2D eigenvalue weighted by molar-refractivity contribution is 5.96. The highest BCUT2D eigenvalue weighted by Crippen LogP contribution is 2.72. The summed E-state index contributed by atoms with van der Waals surface area (Å²) >= 11 is 0. The third kappa shape index (κ3) is 3.49. The van der Waals surface area contributed by atoms with Gasteiger partial charge in [0.1, 0.15) is 0 Å². The van der Waals surface area contributed by atoms with Gasteiger partial charge in [0.15, 0.2) is 0 Å². The van der Waals surface area contributed by atoms with E-state index >= 15 is 0 Å². The Morgan fingerprint density at radius 3 is 2.36 bits per heavy atom. The predicted octanol–water partition coefficient (Wildman–Crippen LogP) is 7.86. The average Bonchev–Trinajstić information content (AvgIpc) is 2.98. The van der Waals surface area contributed by atoms with Crippen LogP contribution in [0, 0.1) is 51.2 Å². The van der Waals surface area contributed by atoms with Crippen molar-refractivity contribution < 1.29 is 10.3 Å². The topological polar surface area (TPSA) is 52.8 Å². The van der Waals surface area contributed by atoms with Gasteiger partial charge in [-0.1, -0.05) is 84.5 Å². The van der Waals surface area contributed by atoms with E-state index in [-0.39, 0.29) is 27.8 Å². The number of oxime groups is 1. The molecule has 0 aromatic rings. The van der Waals surface area contributed by atoms with E-state index in [4.69, 9.17) is 0 Å². The maximum absolute atomic E-state index is 10.8. The largest absolute Gasteiger partial charge is 0.411 e. The molecule has 3 saturated carbocycles. The first-order valence-electron chi connectivity index (χ1n) is 13.9. The molecule has 188 valence electrons. The minimum atomic E-state index is -0.202. The number of hydrogen-bond donors (Lipinski definition) is 2. The van der Waals surface area contributed by atoms with Crippen LogP contribution in [0.4, 0.5) is 0 Å². The van der Waals surface area contributed by atoms with Crippen LogP contribution in [0.15, 0.2) is 16.8 Å². The second-order valence-corrected chi connectivity index (χ2v) is 14.1. The summed E-state index contributed by atoms with van der Waals surface area (Å²) in [6.07, 6.45) is 12.7. The summed E-state index contributed by atoms with van der Waals surface area (Å²) in [5, 5.41) is 25.1. The molecule has 0 bridgehead atoms. The summed E-state index contributed by atoms with van der Waals surface area (Å²) in [5.41, 5.74) is 2.80. The van der Waals surface area contributed by atoms with Crippen LogP contribution in [0.1, 0.15) is 113 Å². The molecule has 8 atom stereocenters. The molecule has 0 amide bonds. The fraction of sp³-hybridized carbons (Fsp3) is 0.900. The van der Waals surface area contributed by atoms with Crippen molar-refractivity contribution in [3.8, 4) is 0 Å². The Morgan fingerprint density at radius 2 is 1.73 bits per heavy atom. The van der Waals surface area contributed by atoms with Crippen molar-refractivity contribution in [2.24, 2.45) is 56.4 Å². The van der Waals surface area contributed by atoms with Crippen molar-refractivity contribution >= 4 is 5.71 Å². The number of aliphatic hydroxyl groups is 1. The molecule has 3 nitrogen and oxygen atoms in total. The molecule has 2 N–H and O–H groups in total. The number of nitrogens with zero attached hydrogens (tertiary/aromatic N) is 1. The zero-order chi connectivity index (χ0) is 24.4. The van der Waals surface area contributed by atoms with Gasteiger partial charge in [0.2, 0.25) is 0 Å². The maximum atomic E-state index is 10.8. The molecule has 3 heteroatoms. The molecule has 4 aliphatic carbocycles. The third-order valence-electron chi connectivity index (χ3n) is 12.0. The lowest BCUT2D eigenvalue weighted by Gasteiger charge is -2.64. The lowest BCUT2D eigenvalue weighted by Crippen LogP contribution is -2.58. The molecule has 33 heavy (non-hydrogen) atoms. The van der Waals surface area contributed by atoms with Gasteiger partial charge in [0.25, 0.3) is 0 Å². The normalized spacial score (nSPS) is 46.5. The summed E-state index contributed by atoms with van der Waals surface area (Å²) in [5.74, 6) is 3.05. The standard InChI is InChI=1S/C30H51NO2/c1-19(2)10-9-11-20(3)23-18-25(31-33)30(8)22-12-13-24-27(4,5)26(32)15-16-28(24,6)21(22)14-17-29(23,30)7/h12,19-21,23-24,26,32-33H,9-11,13-18H2,1-8H3/b31-25-/t20-,21+,23-,24+,26+,28-,29-,30-/m1/s1. The van der Waals surface area contributed by atoms with E-state index in [1.54, 1.807) is 5.57 Å². The summed E-state index contributed by atoms with van der Waals surface area (Å²) in [7, 11) is 0. The van der Waals surface area contributed by atoms with Gasteiger partial charge in [-0.05, 0) is 91.3 Å². The number of hydrogen-bond acceptors (Lipinski definition) is 3. The van der Waals surface area contributed by atoms with Crippen LogP contribution in [0.2, 0.25) is 0 Å². The minimum Gasteiger partial charge on any atom is -0.411 e. The zero-order valence-corrected chi connectivity index (χ0v) is 22.7. The van der Waals surface area contributed by atoms with Crippen molar-refractivity contribution in [3.05, 3.63) is 11.6 Å². The highest BCUT2D eigenvalue weighted by Gasteiger charge is 2.67. The first-order chi connectivity index (χ1) is 15.3. The van der Waals surface area contributed by atoms with Crippen LogP contribution in [-0.2, 0) is 0 Å². The van der Waals surface area contributed by atoms with Gasteiger partial charge >= 0.3 is 0 Å². The van der Waals surface area contributed by atoms with Crippen LogP contribution >= 0.6 is 0 Å².